The number of hydrogen-bond acceptors (Lipinski definition) is 3. The van der Waals surface area contributed by atoms with E-state index in [-0.39, 0.29) is 12.1 Å². The quantitative estimate of drug-likeness (QED) is 0.823. The molecule has 2 N–H and O–H groups in total. The van der Waals surface area contributed by atoms with Gasteiger partial charge < -0.3 is 10.4 Å². The van der Waals surface area contributed by atoms with Crippen molar-refractivity contribution in [3.8, 4) is 0 Å². The van der Waals surface area contributed by atoms with E-state index in [9.17, 15) is 5.11 Å². The summed E-state index contributed by atoms with van der Waals surface area (Å²) in [7, 11) is 0. The van der Waals surface area contributed by atoms with Gasteiger partial charge >= 0.3 is 0 Å². The average molecular weight is 235 g/mol. The molecule has 0 amide bonds. The highest BCUT2D eigenvalue weighted by Gasteiger charge is 2.33. The number of thioether (sulfide) groups is 1. The van der Waals surface area contributed by atoms with Gasteiger partial charge in [-0.15, -0.1) is 0 Å². The van der Waals surface area contributed by atoms with Gasteiger partial charge in [-0.2, -0.15) is 11.8 Å². The summed E-state index contributed by atoms with van der Waals surface area (Å²) in [5.41, 5.74) is 2.55. The van der Waals surface area contributed by atoms with Crippen LogP contribution in [0.1, 0.15) is 12.0 Å². The maximum Gasteiger partial charge on any atom is 0.0780 e. The fourth-order valence-electron chi connectivity index (χ4n) is 2.68. The van der Waals surface area contributed by atoms with Crippen LogP contribution in [0, 0.1) is 5.92 Å². The molecule has 0 spiro atoms. The van der Waals surface area contributed by atoms with Crippen molar-refractivity contribution in [1.29, 1.82) is 0 Å². The number of hydrogen-bond donors (Lipinski definition) is 2. The molecule has 86 valence electrons. The van der Waals surface area contributed by atoms with E-state index in [4.69, 9.17) is 0 Å². The third-order valence-electron chi connectivity index (χ3n) is 3.66. The van der Waals surface area contributed by atoms with Crippen molar-refractivity contribution >= 4 is 17.4 Å². The Morgan fingerprint density at radius 2 is 2.25 bits per heavy atom. The standard InChI is InChI=1S/C13H17NOS/c15-13(10-5-6-16-8-10)12-7-9-3-1-2-4-11(9)14-12/h1-4,10,12-15H,5-8H2. The Labute approximate surface area is 100 Å². The Kier molecular flexibility index (Phi) is 2.82. The number of aliphatic hydroxyl groups is 1. The van der Waals surface area contributed by atoms with Crippen molar-refractivity contribution in [3.63, 3.8) is 0 Å². The maximum atomic E-state index is 10.3. The average Bonchev–Trinajstić information content (AvgIpc) is 2.97. The lowest BCUT2D eigenvalue weighted by Gasteiger charge is -2.24. The zero-order chi connectivity index (χ0) is 11.0. The lowest BCUT2D eigenvalue weighted by Crippen LogP contribution is -2.37. The molecule has 0 aliphatic carbocycles. The van der Waals surface area contributed by atoms with Gasteiger partial charge in [0.15, 0.2) is 0 Å². The van der Waals surface area contributed by atoms with Crippen molar-refractivity contribution in [1.82, 2.24) is 0 Å². The summed E-state index contributed by atoms with van der Waals surface area (Å²) in [5, 5.41) is 13.8. The summed E-state index contributed by atoms with van der Waals surface area (Å²) in [4.78, 5) is 0. The highest BCUT2D eigenvalue weighted by atomic mass is 32.2. The van der Waals surface area contributed by atoms with Crippen molar-refractivity contribution < 1.29 is 5.11 Å². The molecule has 1 fully saturated rings. The third kappa shape index (κ3) is 1.82. The number of para-hydroxylation sites is 1. The summed E-state index contributed by atoms with van der Waals surface area (Å²) in [5.74, 6) is 2.81. The molecule has 1 aromatic rings. The number of aliphatic hydroxyl groups excluding tert-OH is 1. The molecule has 2 heterocycles. The van der Waals surface area contributed by atoms with E-state index in [2.05, 4.69) is 23.5 Å². The molecule has 2 aliphatic heterocycles. The molecule has 3 rings (SSSR count). The van der Waals surface area contributed by atoms with Gasteiger partial charge in [0.2, 0.25) is 0 Å². The van der Waals surface area contributed by atoms with Crippen LogP contribution in [0.15, 0.2) is 24.3 Å². The second-order valence-corrected chi connectivity index (χ2v) is 5.88. The van der Waals surface area contributed by atoms with Gasteiger partial charge in [-0.1, -0.05) is 18.2 Å². The Hall–Kier alpha value is -0.670. The fourth-order valence-corrected chi connectivity index (χ4v) is 3.99. The van der Waals surface area contributed by atoms with Crippen LogP contribution in [0.5, 0.6) is 0 Å². The summed E-state index contributed by atoms with van der Waals surface area (Å²) < 4.78 is 0. The topological polar surface area (TPSA) is 32.3 Å². The normalized spacial score (nSPS) is 29.8. The number of nitrogens with one attached hydrogen (secondary N) is 1. The van der Waals surface area contributed by atoms with Gasteiger partial charge in [-0.3, -0.25) is 0 Å². The van der Waals surface area contributed by atoms with E-state index >= 15 is 0 Å². The SMILES string of the molecule is OC(C1CCSC1)C1Cc2ccccc2N1. The van der Waals surface area contributed by atoms with Gasteiger partial charge in [0, 0.05) is 5.69 Å². The van der Waals surface area contributed by atoms with Gasteiger partial charge in [0.1, 0.15) is 0 Å². The smallest absolute Gasteiger partial charge is 0.0780 e. The number of rotatable bonds is 2. The third-order valence-corrected chi connectivity index (χ3v) is 4.85. The molecular weight excluding hydrogens is 218 g/mol. The molecule has 0 bridgehead atoms. The molecule has 3 heteroatoms. The Morgan fingerprint density at radius 3 is 3.00 bits per heavy atom. The molecule has 2 aliphatic rings. The molecule has 3 atom stereocenters. The molecule has 0 aromatic heterocycles. The monoisotopic (exact) mass is 235 g/mol. The van der Waals surface area contributed by atoms with Crippen molar-refractivity contribution in [3.05, 3.63) is 29.8 Å². The summed E-state index contributed by atoms with van der Waals surface area (Å²) in [6.07, 6.45) is 1.95. The summed E-state index contributed by atoms with van der Waals surface area (Å²) in [6.45, 7) is 0. The van der Waals surface area contributed by atoms with Crippen LogP contribution in [0.2, 0.25) is 0 Å². The van der Waals surface area contributed by atoms with E-state index in [0.717, 1.165) is 12.2 Å². The molecular formula is C13H17NOS. The first-order valence-electron chi connectivity index (χ1n) is 5.95. The van der Waals surface area contributed by atoms with Crippen LogP contribution in [0.4, 0.5) is 5.69 Å². The molecule has 2 nitrogen and oxygen atoms in total. The van der Waals surface area contributed by atoms with Crippen molar-refractivity contribution in [2.24, 2.45) is 5.92 Å². The zero-order valence-electron chi connectivity index (χ0n) is 9.23. The minimum absolute atomic E-state index is 0.192. The highest BCUT2D eigenvalue weighted by Crippen LogP contribution is 2.33. The molecule has 1 aromatic carbocycles. The van der Waals surface area contributed by atoms with Gasteiger partial charge in [0.25, 0.3) is 0 Å². The largest absolute Gasteiger partial charge is 0.391 e. The maximum absolute atomic E-state index is 10.3. The molecule has 0 saturated carbocycles. The van der Waals surface area contributed by atoms with Crippen LogP contribution in [0.25, 0.3) is 0 Å². The summed E-state index contributed by atoms with van der Waals surface area (Å²) >= 11 is 1.97. The number of fused-ring (bicyclic) bond motifs is 1. The Balaban J connectivity index is 1.70. The molecule has 3 unspecified atom stereocenters. The second kappa shape index (κ2) is 4.30. The van der Waals surface area contributed by atoms with E-state index in [1.54, 1.807) is 0 Å². The number of benzene rings is 1. The first-order chi connectivity index (χ1) is 7.84. The predicted molar refractivity (Wildman–Crippen MR) is 69.0 cm³/mol. The zero-order valence-corrected chi connectivity index (χ0v) is 10.0. The van der Waals surface area contributed by atoms with Crippen LogP contribution in [-0.4, -0.2) is 28.8 Å². The molecule has 1 saturated heterocycles. The van der Waals surface area contributed by atoms with Gasteiger partial charge in [-0.05, 0) is 41.9 Å². The van der Waals surface area contributed by atoms with Crippen molar-refractivity contribution in [2.75, 3.05) is 16.8 Å². The van der Waals surface area contributed by atoms with Crippen LogP contribution in [-0.2, 0) is 6.42 Å². The van der Waals surface area contributed by atoms with E-state index < -0.39 is 0 Å². The lowest BCUT2D eigenvalue weighted by atomic mass is 9.94. The van der Waals surface area contributed by atoms with Crippen LogP contribution >= 0.6 is 11.8 Å². The first-order valence-corrected chi connectivity index (χ1v) is 7.10. The van der Waals surface area contributed by atoms with Gasteiger partial charge in [-0.25, -0.2) is 0 Å². The second-order valence-electron chi connectivity index (χ2n) is 4.73. The van der Waals surface area contributed by atoms with E-state index in [1.165, 1.54) is 23.4 Å². The van der Waals surface area contributed by atoms with E-state index in [0.29, 0.717) is 5.92 Å². The highest BCUT2D eigenvalue weighted by molar-refractivity contribution is 7.99. The minimum Gasteiger partial charge on any atom is -0.391 e. The van der Waals surface area contributed by atoms with Crippen LogP contribution < -0.4 is 5.32 Å². The summed E-state index contributed by atoms with van der Waals surface area (Å²) in [6, 6.07) is 8.59. The molecule has 16 heavy (non-hydrogen) atoms. The lowest BCUT2D eigenvalue weighted by molar-refractivity contribution is 0.102. The number of anilines is 1. The predicted octanol–water partition coefficient (Wildman–Crippen LogP) is 2.14. The minimum atomic E-state index is -0.192. The Morgan fingerprint density at radius 1 is 1.38 bits per heavy atom. The first kappa shape index (κ1) is 10.5. The van der Waals surface area contributed by atoms with Gasteiger partial charge in [0.05, 0.1) is 12.1 Å². The Bertz CT molecular complexity index is 351. The van der Waals surface area contributed by atoms with E-state index in [1.807, 2.05) is 17.8 Å². The van der Waals surface area contributed by atoms with Crippen molar-refractivity contribution in [2.45, 2.75) is 25.0 Å². The fraction of sp³-hybridized carbons (Fsp3) is 0.538. The van der Waals surface area contributed by atoms with Crippen LogP contribution in [0.3, 0.4) is 0 Å². The molecule has 0 radical (unpaired) electrons.